The molecule has 5 heteroatoms. The Morgan fingerprint density at radius 3 is 1.52 bits per heavy atom. The zero-order chi connectivity index (χ0) is 40.2. The molecule has 56 heavy (non-hydrogen) atoms. The molecule has 4 aliphatic carbocycles. The van der Waals surface area contributed by atoms with Crippen LogP contribution in [0.25, 0.3) is 22.3 Å². The number of fused-ring (bicyclic) bond motifs is 5. The summed E-state index contributed by atoms with van der Waals surface area (Å²) in [7, 11) is 0. The number of hydrogen-bond donors (Lipinski definition) is 0. The van der Waals surface area contributed by atoms with Crippen molar-refractivity contribution in [2.45, 2.75) is 100 Å². The van der Waals surface area contributed by atoms with E-state index in [1.54, 1.807) is 0 Å². The summed E-state index contributed by atoms with van der Waals surface area (Å²) < 4.78 is 27.1. The Kier molecular flexibility index (Phi) is 17.3. The molecule has 4 aromatic carbocycles. The fourth-order valence-corrected chi connectivity index (χ4v) is 7.43. The fourth-order valence-electron chi connectivity index (χ4n) is 7.43. The van der Waals surface area contributed by atoms with Gasteiger partial charge in [0.2, 0.25) is 0 Å². The molecule has 0 aliphatic heterocycles. The monoisotopic (exact) mass is 868 g/mol. The van der Waals surface area contributed by atoms with Crippen LogP contribution in [0.15, 0.2) is 96.6 Å². The van der Waals surface area contributed by atoms with E-state index in [1.807, 2.05) is 6.08 Å². The maximum absolute atomic E-state index is 11.9. The van der Waals surface area contributed by atoms with Gasteiger partial charge in [0.25, 0.3) is 0 Å². The second-order valence-electron chi connectivity index (χ2n) is 17.6. The predicted octanol–water partition coefficient (Wildman–Crippen LogP) is 14.5. The van der Waals surface area contributed by atoms with E-state index >= 15 is 0 Å². The van der Waals surface area contributed by atoms with Gasteiger partial charge >= 0.3 is 28.4 Å². The molecule has 0 N–H and O–H groups in total. The van der Waals surface area contributed by atoms with Gasteiger partial charge in [0, 0.05) is 17.0 Å². The average Bonchev–Trinajstić information content (AvgIpc) is 3.81. The van der Waals surface area contributed by atoms with Crippen molar-refractivity contribution in [3.8, 4) is 11.1 Å². The first-order valence-electron chi connectivity index (χ1n) is 18.8. The van der Waals surface area contributed by atoms with Gasteiger partial charge < -0.3 is 0 Å². The van der Waals surface area contributed by atoms with Crippen LogP contribution in [-0.4, -0.2) is 4.21 Å². The zero-order valence-electron chi connectivity index (χ0n) is 35.2. The Balaban J connectivity index is 0.000000351. The summed E-state index contributed by atoms with van der Waals surface area (Å²) in [6, 6.07) is 27.0. The molecular formula is C51H58Cl2F2Zr-4. The standard InChI is InChI=1S/C31H37.C7H9.2C6H4F.CH2.2ClH.Zr/c1-28(2,3)26-16-30(7,8)24-12-18-11-19-13-25-23(15-21(19)20(18)14-22(24)26)27(29(4,5)6)17-31(25,9)10;1-6-3-4-7(2)5-6;2*7-6-4-2-1-3-5-6;;;;/h12-16H,11H2,1-10H3;3,5,7H,1-2H3;2*2-5H;1H2;2*1H;/q4*-1;;;;. The van der Waals surface area contributed by atoms with Gasteiger partial charge in [0.15, 0.2) is 0 Å². The maximum atomic E-state index is 11.9. The molecule has 0 bridgehead atoms. The quantitative estimate of drug-likeness (QED) is 0.136. The Morgan fingerprint density at radius 1 is 0.696 bits per heavy atom. The van der Waals surface area contributed by atoms with Crippen molar-refractivity contribution in [3.63, 3.8) is 0 Å². The van der Waals surface area contributed by atoms with Crippen LogP contribution >= 0.6 is 24.8 Å². The molecule has 0 amide bonds. The first-order valence-corrected chi connectivity index (χ1v) is 20.5. The Labute approximate surface area is 364 Å². The van der Waals surface area contributed by atoms with Crippen LogP contribution in [0.3, 0.4) is 0 Å². The van der Waals surface area contributed by atoms with Gasteiger partial charge in [-0.05, 0) is 62.3 Å². The van der Waals surface area contributed by atoms with Crippen LogP contribution in [0.5, 0.6) is 0 Å². The SMILES string of the molecule is CC(C)(C)C1=[C-]C(C)(C)c2cc3c(cc21)-c1cc2c(cc1C3)C(C)(C)C=C2C(C)(C)C.CC1=CC(C)[C-]=C1.Cl.Cl.Fc1cc[c-]cc1.Fc1cc[c-]cc1.[CH2]=[Zr]. The summed E-state index contributed by atoms with van der Waals surface area (Å²) in [5.41, 5.74) is 16.2. The third-order valence-electron chi connectivity index (χ3n) is 10.0. The van der Waals surface area contributed by atoms with E-state index in [2.05, 4.69) is 148 Å². The third-order valence-corrected chi connectivity index (χ3v) is 10.0. The van der Waals surface area contributed by atoms with Crippen LogP contribution in [0.1, 0.15) is 116 Å². The molecule has 0 fully saturated rings. The van der Waals surface area contributed by atoms with Gasteiger partial charge in [-0.3, -0.25) is 12.2 Å². The molecule has 4 aliphatic rings. The zero-order valence-corrected chi connectivity index (χ0v) is 39.3. The Bertz CT molecular complexity index is 1940. The first kappa shape index (κ1) is 49.2. The summed E-state index contributed by atoms with van der Waals surface area (Å²) in [6.45, 7) is 27.6. The van der Waals surface area contributed by atoms with Gasteiger partial charge in [0.05, 0.1) is 0 Å². The predicted molar refractivity (Wildman–Crippen MR) is 237 cm³/mol. The van der Waals surface area contributed by atoms with Gasteiger partial charge in [-0.2, -0.15) is 48.0 Å². The van der Waals surface area contributed by atoms with E-state index in [0.29, 0.717) is 5.92 Å². The van der Waals surface area contributed by atoms with Crippen LogP contribution in [-0.2, 0) is 41.5 Å². The molecule has 0 aromatic heterocycles. The van der Waals surface area contributed by atoms with Crippen molar-refractivity contribution in [1.29, 1.82) is 0 Å². The molecule has 1 unspecified atom stereocenters. The molecule has 0 radical (unpaired) electrons. The Morgan fingerprint density at radius 2 is 1.16 bits per heavy atom. The third kappa shape index (κ3) is 11.8. The van der Waals surface area contributed by atoms with Crippen molar-refractivity contribution < 1.29 is 33.0 Å². The van der Waals surface area contributed by atoms with Crippen molar-refractivity contribution in [2.75, 3.05) is 0 Å². The van der Waals surface area contributed by atoms with Gasteiger partial charge in [-0.1, -0.05) is 106 Å². The topological polar surface area (TPSA) is 0 Å². The van der Waals surface area contributed by atoms with E-state index in [-0.39, 0.29) is 58.1 Å². The molecule has 0 heterocycles. The van der Waals surface area contributed by atoms with E-state index < -0.39 is 0 Å². The second kappa shape index (κ2) is 19.7. The van der Waals surface area contributed by atoms with E-state index in [9.17, 15) is 8.78 Å². The van der Waals surface area contributed by atoms with Crippen molar-refractivity contribution in [2.24, 2.45) is 16.7 Å². The molecule has 0 saturated heterocycles. The average molecular weight is 871 g/mol. The van der Waals surface area contributed by atoms with Crippen LogP contribution in [0.4, 0.5) is 8.78 Å². The van der Waals surface area contributed by atoms with Crippen LogP contribution in [0.2, 0.25) is 0 Å². The molecule has 298 valence electrons. The summed E-state index contributed by atoms with van der Waals surface area (Å²) >= 11 is 1.30. The Hall–Kier alpha value is -2.97. The summed E-state index contributed by atoms with van der Waals surface area (Å²) in [6.07, 6.45) is 14.8. The summed E-state index contributed by atoms with van der Waals surface area (Å²) in [4.78, 5) is 0. The van der Waals surface area contributed by atoms with Gasteiger partial charge in [0.1, 0.15) is 0 Å². The molecule has 1 atom stereocenters. The van der Waals surface area contributed by atoms with E-state index in [0.717, 1.165) is 6.42 Å². The number of benzene rings is 4. The molecule has 0 saturated carbocycles. The van der Waals surface area contributed by atoms with E-state index in [1.165, 1.54) is 134 Å². The number of allylic oxidation sites excluding steroid dienone is 8. The summed E-state index contributed by atoms with van der Waals surface area (Å²) in [5.74, 6) is 0.137. The van der Waals surface area contributed by atoms with E-state index in [4.69, 9.17) is 0 Å². The molecule has 8 rings (SSSR count). The second-order valence-corrected chi connectivity index (χ2v) is 17.6. The molecule has 0 spiro atoms. The van der Waals surface area contributed by atoms with Gasteiger partial charge in [-0.15, -0.1) is 67.6 Å². The minimum absolute atomic E-state index is 0. The molecular weight excluding hydrogens is 813 g/mol. The normalized spacial score (nSPS) is 16.9. The first-order chi connectivity index (χ1) is 25.2. The van der Waals surface area contributed by atoms with Crippen LogP contribution in [0, 0.1) is 52.7 Å². The minimum atomic E-state index is -0.209. The summed E-state index contributed by atoms with van der Waals surface area (Å²) in [5, 5.41) is 0. The number of halogens is 4. The van der Waals surface area contributed by atoms with Crippen molar-refractivity contribution >= 4 is 40.2 Å². The number of rotatable bonds is 0. The molecule has 4 aromatic rings. The number of hydrogen-bond acceptors (Lipinski definition) is 0. The van der Waals surface area contributed by atoms with Gasteiger partial charge in [-0.25, -0.2) is 26.0 Å². The van der Waals surface area contributed by atoms with Crippen LogP contribution < -0.4 is 0 Å². The fraction of sp³-hybridized carbons (Fsp3) is 0.353. The molecule has 0 nitrogen and oxygen atoms in total. The van der Waals surface area contributed by atoms with Crippen molar-refractivity contribution in [3.05, 3.63) is 166 Å². The van der Waals surface area contributed by atoms with Crippen molar-refractivity contribution in [1.82, 2.24) is 0 Å².